The Bertz CT molecular complexity index is 925. The highest BCUT2D eigenvalue weighted by Gasteiger charge is 2.66. The van der Waals surface area contributed by atoms with Crippen LogP contribution in [-0.4, -0.2) is 27.4 Å². The monoisotopic (exact) mass is 507 g/mol. The van der Waals surface area contributed by atoms with Crippen LogP contribution in [0.3, 0.4) is 0 Å². The van der Waals surface area contributed by atoms with Gasteiger partial charge in [-0.25, -0.2) is 4.79 Å². The van der Waals surface area contributed by atoms with Crippen LogP contribution in [0.4, 0.5) is 5.69 Å². The normalized spacial score (nSPS) is 33.4. The number of carbonyl (C=O) groups is 3. The summed E-state index contributed by atoms with van der Waals surface area (Å²) < 4.78 is 10.2. The maximum absolute atomic E-state index is 13.0. The number of furan rings is 1. The van der Waals surface area contributed by atoms with Crippen molar-refractivity contribution in [2.75, 3.05) is 4.90 Å². The van der Waals surface area contributed by atoms with Crippen LogP contribution in [0.1, 0.15) is 17.0 Å². The van der Waals surface area contributed by atoms with E-state index in [0.717, 1.165) is 6.42 Å². The molecule has 3 aliphatic rings. The molecule has 2 aromatic rings. The van der Waals surface area contributed by atoms with E-state index in [1.54, 1.807) is 30.3 Å². The van der Waals surface area contributed by atoms with Crippen LogP contribution in [0.5, 0.6) is 5.75 Å². The van der Waals surface area contributed by atoms with Crippen LogP contribution in [-0.2, 0) is 9.59 Å². The Labute approximate surface area is 177 Å². The number of anilines is 1. The molecule has 6 nitrogen and oxygen atoms in total. The van der Waals surface area contributed by atoms with E-state index in [2.05, 4.69) is 31.9 Å². The number of halogens is 2. The Kier molecular flexibility index (Phi) is 4.24. The maximum atomic E-state index is 13.0. The summed E-state index contributed by atoms with van der Waals surface area (Å²) in [5.74, 6) is -0.623. The second kappa shape index (κ2) is 6.56. The fourth-order valence-electron chi connectivity index (χ4n) is 4.82. The third-order valence-corrected chi connectivity index (χ3v) is 9.22. The lowest BCUT2D eigenvalue weighted by Gasteiger charge is -2.28. The van der Waals surface area contributed by atoms with Crippen LogP contribution >= 0.6 is 31.9 Å². The van der Waals surface area contributed by atoms with Crippen molar-refractivity contribution in [3.05, 3.63) is 48.4 Å². The Balaban J connectivity index is 1.36. The first kappa shape index (κ1) is 18.1. The number of hydrogen-bond donors (Lipinski definition) is 0. The van der Waals surface area contributed by atoms with Gasteiger partial charge in [-0.1, -0.05) is 31.9 Å². The molecule has 6 atom stereocenters. The molecule has 8 heteroatoms. The molecule has 2 amide bonds. The minimum absolute atomic E-state index is 0.103. The molecule has 0 N–H and O–H groups in total. The SMILES string of the molecule is O=C(Oc1ccc(N2C(=O)[C@@H]3[C@H]4C[C@@H]([C@@H](Br)[C@H]4Br)[C@H]3C2=O)cc1)c1ccco1. The zero-order chi connectivity index (χ0) is 19.6. The van der Waals surface area contributed by atoms with E-state index in [1.165, 1.54) is 17.2 Å². The van der Waals surface area contributed by atoms with Gasteiger partial charge in [0, 0.05) is 9.65 Å². The van der Waals surface area contributed by atoms with Crippen molar-refractivity contribution in [3.63, 3.8) is 0 Å². The zero-order valence-electron chi connectivity index (χ0n) is 14.5. The number of rotatable bonds is 3. The Hall–Kier alpha value is -1.93. The predicted octanol–water partition coefficient (Wildman–Crippen LogP) is 3.78. The summed E-state index contributed by atoms with van der Waals surface area (Å²) in [6.07, 6.45) is 2.29. The van der Waals surface area contributed by atoms with E-state index in [4.69, 9.17) is 9.15 Å². The average Bonchev–Trinajstić information content (AvgIpc) is 3.44. The van der Waals surface area contributed by atoms with Crippen molar-refractivity contribution < 1.29 is 23.5 Å². The molecule has 1 aliphatic heterocycles. The van der Waals surface area contributed by atoms with Crippen molar-refractivity contribution >= 4 is 55.3 Å². The first-order valence-corrected chi connectivity index (χ1v) is 10.8. The number of esters is 1. The van der Waals surface area contributed by atoms with Crippen molar-refractivity contribution in [3.8, 4) is 5.75 Å². The van der Waals surface area contributed by atoms with Crippen molar-refractivity contribution in [1.29, 1.82) is 0 Å². The van der Waals surface area contributed by atoms with E-state index >= 15 is 0 Å². The van der Waals surface area contributed by atoms with Crippen molar-refractivity contribution in [2.45, 2.75) is 16.1 Å². The fourth-order valence-corrected chi connectivity index (χ4v) is 6.69. The number of ether oxygens (including phenoxy) is 1. The molecule has 28 heavy (non-hydrogen) atoms. The molecule has 2 heterocycles. The van der Waals surface area contributed by atoms with Gasteiger partial charge in [0.05, 0.1) is 23.8 Å². The Morgan fingerprint density at radius 3 is 2.14 bits per heavy atom. The van der Waals surface area contributed by atoms with Crippen LogP contribution in [0, 0.1) is 23.7 Å². The van der Waals surface area contributed by atoms with E-state index in [0.29, 0.717) is 11.4 Å². The molecule has 0 radical (unpaired) electrons. The van der Waals surface area contributed by atoms with E-state index < -0.39 is 5.97 Å². The summed E-state index contributed by atoms with van der Waals surface area (Å²) in [6, 6.07) is 9.50. The Morgan fingerprint density at radius 2 is 1.61 bits per heavy atom. The average molecular weight is 509 g/mol. The van der Waals surface area contributed by atoms with Crippen LogP contribution < -0.4 is 9.64 Å². The van der Waals surface area contributed by atoms with Crippen molar-refractivity contribution in [2.24, 2.45) is 23.7 Å². The summed E-state index contributed by atoms with van der Waals surface area (Å²) in [7, 11) is 0. The molecule has 3 fully saturated rings. The third kappa shape index (κ3) is 2.54. The standard InChI is InChI=1S/C20H15Br2NO5/c21-16-11-8-12(17(16)22)15-14(11)18(24)23(19(15)25)9-3-5-10(6-4-9)28-20(26)13-2-1-7-27-13/h1-7,11-12,14-17H,8H2/t11-,12-,14-,15-,16-,17+/m1/s1. The van der Waals surface area contributed by atoms with Gasteiger partial charge in [0.25, 0.3) is 0 Å². The first-order chi connectivity index (χ1) is 13.5. The molecule has 144 valence electrons. The summed E-state index contributed by atoms with van der Waals surface area (Å²) in [5, 5.41) is 0. The number of carbonyl (C=O) groups excluding carboxylic acids is 3. The summed E-state index contributed by atoms with van der Waals surface area (Å²) in [5.41, 5.74) is 0.499. The summed E-state index contributed by atoms with van der Waals surface area (Å²) in [6.45, 7) is 0. The molecule has 2 aliphatic carbocycles. The number of imide groups is 1. The molecular weight excluding hydrogens is 494 g/mol. The van der Waals surface area contributed by atoms with Crippen LogP contribution in [0.15, 0.2) is 47.1 Å². The van der Waals surface area contributed by atoms with Crippen molar-refractivity contribution in [1.82, 2.24) is 0 Å². The summed E-state index contributed by atoms with van der Waals surface area (Å²) in [4.78, 5) is 39.7. The number of alkyl halides is 2. The van der Waals surface area contributed by atoms with Gasteiger partial charge in [0.2, 0.25) is 17.6 Å². The number of nitrogens with zero attached hydrogens (tertiary/aromatic N) is 1. The maximum Gasteiger partial charge on any atom is 0.379 e. The lowest BCUT2D eigenvalue weighted by Crippen LogP contribution is -2.37. The lowest BCUT2D eigenvalue weighted by molar-refractivity contribution is -0.123. The summed E-state index contributed by atoms with van der Waals surface area (Å²) >= 11 is 7.37. The van der Waals surface area contributed by atoms with Gasteiger partial charge >= 0.3 is 5.97 Å². The predicted molar refractivity (Wildman–Crippen MR) is 107 cm³/mol. The molecule has 0 spiro atoms. The van der Waals surface area contributed by atoms with Gasteiger partial charge in [-0.15, -0.1) is 0 Å². The molecule has 1 aromatic carbocycles. The second-order valence-corrected chi connectivity index (χ2v) is 9.49. The quantitative estimate of drug-likeness (QED) is 0.273. The minimum Gasteiger partial charge on any atom is -0.457 e. The van der Waals surface area contributed by atoms with Gasteiger partial charge < -0.3 is 9.15 Å². The number of benzene rings is 1. The highest BCUT2D eigenvalue weighted by molar-refractivity contribution is 9.12. The van der Waals surface area contributed by atoms with Gasteiger partial charge in [0.15, 0.2) is 0 Å². The molecule has 5 rings (SSSR count). The molecular formula is C20H15Br2NO5. The molecule has 1 aromatic heterocycles. The molecule has 2 saturated carbocycles. The van der Waals surface area contributed by atoms with Crippen LogP contribution in [0.2, 0.25) is 0 Å². The van der Waals surface area contributed by atoms with Gasteiger partial charge in [-0.2, -0.15) is 0 Å². The van der Waals surface area contributed by atoms with E-state index in [9.17, 15) is 14.4 Å². The number of hydrogen-bond acceptors (Lipinski definition) is 5. The first-order valence-electron chi connectivity index (χ1n) is 8.99. The van der Waals surface area contributed by atoms with Gasteiger partial charge in [-0.3, -0.25) is 14.5 Å². The van der Waals surface area contributed by atoms with Gasteiger partial charge in [-0.05, 0) is 54.7 Å². The van der Waals surface area contributed by atoms with Crippen LogP contribution in [0.25, 0.3) is 0 Å². The second-order valence-electron chi connectivity index (χ2n) is 7.38. The molecule has 0 unspecified atom stereocenters. The highest BCUT2D eigenvalue weighted by Crippen LogP contribution is 2.60. The van der Waals surface area contributed by atoms with E-state index in [1.807, 2.05) is 0 Å². The third-order valence-electron chi connectivity index (χ3n) is 6.01. The fraction of sp³-hybridized carbons (Fsp3) is 0.350. The largest absolute Gasteiger partial charge is 0.457 e. The zero-order valence-corrected chi connectivity index (χ0v) is 17.6. The number of amides is 2. The minimum atomic E-state index is -0.607. The Morgan fingerprint density at radius 1 is 1.00 bits per heavy atom. The topological polar surface area (TPSA) is 76.8 Å². The van der Waals surface area contributed by atoms with E-state index in [-0.39, 0.29) is 50.9 Å². The van der Waals surface area contributed by atoms with Gasteiger partial charge in [0.1, 0.15) is 5.75 Å². The highest BCUT2D eigenvalue weighted by atomic mass is 79.9. The smallest absolute Gasteiger partial charge is 0.379 e. The number of fused-ring (bicyclic) bond motifs is 5. The molecule has 1 saturated heterocycles. The lowest BCUT2D eigenvalue weighted by atomic mass is 9.81. The molecule has 2 bridgehead atoms.